The Bertz CT molecular complexity index is 4620. The highest BCUT2D eigenvalue weighted by Crippen LogP contribution is 2.47. The van der Waals surface area contributed by atoms with Gasteiger partial charge in [-0.2, -0.15) is 8.80 Å². The fourth-order valence-electron chi connectivity index (χ4n) is 11.9. The number of fused-ring (bicyclic) bond motifs is 8. The number of rotatable bonds is 13. The van der Waals surface area contributed by atoms with Gasteiger partial charge in [0.1, 0.15) is 0 Å². The van der Waals surface area contributed by atoms with E-state index in [9.17, 15) is 20.4 Å². The van der Waals surface area contributed by atoms with Gasteiger partial charge in [0.05, 0.1) is 82.7 Å². The molecule has 0 saturated carbocycles. The third-order valence-corrected chi connectivity index (χ3v) is 16.1. The maximum atomic E-state index is 10.0. The lowest BCUT2D eigenvalue weighted by Crippen LogP contribution is -2.26. The van der Waals surface area contributed by atoms with Crippen molar-refractivity contribution >= 4 is 54.1 Å². The molecule has 0 spiro atoms. The van der Waals surface area contributed by atoms with Gasteiger partial charge in [0.15, 0.2) is 46.8 Å². The second-order valence-electron chi connectivity index (χ2n) is 20.7. The molecule has 0 atom stereocenters. The molecule has 0 fully saturated rings. The molecule has 7 aromatic carbocycles. The fraction of sp³-hybridized carbons (Fsp3) is 0.139. The largest absolute Gasteiger partial charge is 0.492 e. The van der Waals surface area contributed by atoms with Gasteiger partial charge in [0, 0.05) is 88.1 Å². The van der Waals surface area contributed by atoms with Crippen molar-refractivity contribution in [2.24, 2.45) is 0 Å². The number of hydrogen-bond donors (Lipinski definition) is 4. The maximum absolute atomic E-state index is 10.0. The van der Waals surface area contributed by atoms with Crippen LogP contribution in [-0.2, 0) is 26.4 Å². The van der Waals surface area contributed by atoms with E-state index >= 15 is 0 Å². The molecule has 0 aliphatic carbocycles. The summed E-state index contributed by atoms with van der Waals surface area (Å²) in [5, 5.41) is 47.5. The smallest absolute Gasteiger partial charge is 0.219 e. The van der Waals surface area contributed by atoms with Crippen molar-refractivity contribution in [3.8, 4) is 79.0 Å². The molecule has 13 aromatic rings. The van der Waals surface area contributed by atoms with Gasteiger partial charge in [-0.3, -0.25) is 4.98 Å². The van der Waals surface area contributed by atoms with Crippen LogP contribution < -0.4 is 27.7 Å². The zero-order valence-electron chi connectivity index (χ0n) is 47.5. The zero-order chi connectivity index (χ0) is 58.2. The summed E-state index contributed by atoms with van der Waals surface area (Å²) in [6.45, 7) is 3.60. The summed E-state index contributed by atoms with van der Waals surface area (Å²) in [6.07, 6.45) is 5.89. The number of hydrogen-bond acceptors (Lipinski definition) is 10. The average molecular weight is 1110 g/mol. The summed E-state index contributed by atoms with van der Waals surface area (Å²) >= 11 is 0. The predicted molar refractivity (Wildman–Crippen MR) is 331 cm³/mol. The molecule has 6 aromatic heterocycles. The number of pyridine rings is 6. The Kier molecular flexibility index (Phi) is 15.1. The summed E-state index contributed by atoms with van der Waals surface area (Å²) in [4.78, 5) is 9.79. The molecule has 0 unspecified atom stereocenters. The lowest BCUT2D eigenvalue weighted by molar-refractivity contribution is -0.517. The van der Waals surface area contributed by atoms with E-state index in [1.807, 2.05) is 110 Å². The number of aryl methyl sites for hydroxylation is 2. The second kappa shape index (κ2) is 23.2. The van der Waals surface area contributed by atoms with Gasteiger partial charge in [-0.05, 0) is 110 Å². The van der Waals surface area contributed by atoms with Crippen LogP contribution >= 0.6 is 0 Å². The number of ether oxygens (including phenoxy) is 4. The SMILES string of the molecule is COc1c(-c2cc(-c3ccccc3)ccn2)cc2c(cc[n+]3c(C)c4cc(CO)c(CO)cc4cc23)c1OC.COc1c(-c2cc(-c3ccccc3)nc(-c3ccccc3)c2)cc2c(cc[n+]3c(C)c4cc(CO)c(CO)cc4cc23)c1OC. The summed E-state index contributed by atoms with van der Waals surface area (Å²) in [5.41, 5.74) is 16.3. The Hall–Kier alpha value is -9.82. The molecule has 416 valence electrons. The number of aliphatic hydroxyl groups is 4. The molecular formula is C72H62N4O8+2. The van der Waals surface area contributed by atoms with E-state index in [4.69, 9.17) is 28.9 Å². The maximum Gasteiger partial charge on any atom is 0.219 e. The molecule has 4 N–H and O–H groups in total. The van der Waals surface area contributed by atoms with Crippen molar-refractivity contribution in [2.45, 2.75) is 40.3 Å². The van der Waals surface area contributed by atoms with Crippen LogP contribution in [0.1, 0.15) is 33.6 Å². The van der Waals surface area contributed by atoms with Gasteiger partial charge in [-0.25, -0.2) is 4.98 Å². The molecule has 0 saturated heterocycles. The number of nitrogens with zero attached hydrogens (tertiary/aromatic N) is 4. The molecule has 0 radical (unpaired) electrons. The van der Waals surface area contributed by atoms with Gasteiger partial charge >= 0.3 is 0 Å². The molecule has 6 heterocycles. The quantitative estimate of drug-likeness (QED) is 0.0499. The molecule has 13 rings (SSSR count). The van der Waals surface area contributed by atoms with Gasteiger partial charge in [0.2, 0.25) is 11.0 Å². The number of aliphatic hydroxyl groups excluding tert-OH is 4. The standard InChI is InChI=1S/C39H33N2O4.C33H29N2O4/c1-24-32-17-30(23-43)29(22-42)16-27(32)20-37-34-21-33(39(45-3)38(44-2)31(34)14-15-41(24)37)28-18-35(25-10-6-4-7-11-25)40-36(19-28)26-12-8-5-9-13-26;1-20-27-14-25(19-37)24(18-36)13-23(27)16-31-28-17-29(33(39-3)32(38-2)26(28)10-12-35(20)31)30-15-22(9-11-34-30)21-7-5-4-6-8-21/h4-21,42-43H,22-23H2,1-3H3;4-17,36-37H,18-19H2,1-3H3/q2*+1. The summed E-state index contributed by atoms with van der Waals surface area (Å²) in [7, 11) is 6.65. The second-order valence-corrected chi connectivity index (χ2v) is 20.7. The van der Waals surface area contributed by atoms with Crippen molar-refractivity contribution < 1.29 is 48.2 Å². The van der Waals surface area contributed by atoms with Crippen molar-refractivity contribution in [3.05, 3.63) is 228 Å². The predicted octanol–water partition coefficient (Wildman–Crippen LogP) is 13.2. The normalized spacial score (nSPS) is 11.4. The Morgan fingerprint density at radius 3 is 1.20 bits per heavy atom. The van der Waals surface area contributed by atoms with Gasteiger partial charge in [-0.15, -0.1) is 0 Å². The molecule has 0 bridgehead atoms. The first-order valence-electron chi connectivity index (χ1n) is 27.7. The highest BCUT2D eigenvalue weighted by Gasteiger charge is 2.26. The molecule has 0 aliphatic rings. The third kappa shape index (κ3) is 9.70. The summed E-state index contributed by atoms with van der Waals surface area (Å²) in [5.74, 6) is 2.56. The van der Waals surface area contributed by atoms with E-state index in [1.165, 1.54) is 0 Å². The molecular weight excluding hydrogens is 1050 g/mol. The van der Waals surface area contributed by atoms with Crippen molar-refractivity contribution in [1.82, 2.24) is 9.97 Å². The number of benzene rings is 7. The zero-order valence-corrected chi connectivity index (χ0v) is 47.5. The van der Waals surface area contributed by atoms with Crippen LogP contribution in [0, 0.1) is 13.8 Å². The van der Waals surface area contributed by atoms with Crippen molar-refractivity contribution in [3.63, 3.8) is 0 Å². The van der Waals surface area contributed by atoms with Crippen LogP contribution in [0.5, 0.6) is 23.0 Å². The monoisotopic (exact) mass is 1110 g/mol. The number of aromatic nitrogens is 4. The van der Waals surface area contributed by atoms with E-state index in [0.717, 1.165) is 138 Å². The van der Waals surface area contributed by atoms with Crippen molar-refractivity contribution in [1.29, 1.82) is 0 Å². The van der Waals surface area contributed by atoms with Gasteiger partial charge in [-0.1, -0.05) is 91.0 Å². The van der Waals surface area contributed by atoms with E-state index in [0.29, 0.717) is 28.6 Å². The molecule has 0 amide bonds. The molecule has 12 nitrogen and oxygen atoms in total. The highest BCUT2D eigenvalue weighted by molar-refractivity contribution is 6.07. The Labute approximate surface area is 485 Å². The van der Waals surface area contributed by atoms with Crippen LogP contribution in [-0.4, -0.2) is 58.8 Å². The van der Waals surface area contributed by atoms with Crippen molar-refractivity contribution in [2.75, 3.05) is 28.4 Å². The summed E-state index contributed by atoms with van der Waals surface area (Å²) < 4.78 is 28.3. The van der Waals surface area contributed by atoms with Crippen LogP contribution in [0.15, 0.2) is 195 Å². The Balaban J connectivity index is 0.000000167. The van der Waals surface area contributed by atoms with E-state index in [1.54, 1.807) is 28.4 Å². The summed E-state index contributed by atoms with van der Waals surface area (Å²) in [6, 6.07) is 59.4. The average Bonchev–Trinajstić information content (AvgIpc) is 2.48. The fourth-order valence-corrected chi connectivity index (χ4v) is 11.9. The van der Waals surface area contributed by atoms with E-state index in [2.05, 4.69) is 108 Å². The van der Waals surface area contributed by atoms with Crippen LogP contribution in [0.25, 0.3) is 110 Å². The molecule has 84 heavy (non-hydrogen) atoms. The minimum absolute atomic E-state index is 0.124. The number of methoxy groups -OCH3 is 4. The first-order valence-corrected chi connectivity index (χ1v) is 27.7. The highest BCUT2D eigenvalue weighted by atomic mass is 16.5. The molecule has 0 aliphatic heterocycles. The van der Waals surface area contributed by atoms with E-state index in [-0.39, 0.29) is 26.4 Å². The Morgan fingerprint density at radius 2 is 0.762 bits per heavy atom. The van der Waals surface area contributed by atoms with Crippen LogP contribution in [0.3, 0.4) is 0 Å². The van der Waals surface area contributed by atoms with Crippen LogP contribution in [0.2, 0.25) is 0 Å². The lowest BCUT2D eigenvalue weighted by Gasteiger charge is -2.17. The molecule has 12 heteroatoms. The topological polar surface area (TPSA) is 152 Å². The van der Waals surface area contributed by atoms with Gasteiger partial charge < -0.3 is 39.4 Å². The Morgan fingerprint density at radius 1 is 0.357 bits per heavy atom. The van der Waals surface area contributed by atoms with Gasteiger partial charge in [0.25, 0.3) is 0 Å². The first-order chi connectivity index (χ1) is 41.1. The minimum Gasteiger partial charge on any atom is -0.492 e. The van der Waals surface area contributed by atoms with Crippen LogP contribution in [0.4, 0.5) is 0 Å². The lowest BCUT2D eigenvalue weighted by atomic mass is 9.95. The minimum atomic E-state index is -0.143. The first kappa shape index (κ1) is 54.8. The van der Waals surface area contributed by atoms with E-state index < -0.39 is 0 Å². The third-order valence-electron chi connectivity index (χ3n) is 16.1.